The molecule has 0 saturated heterocycles. The summed E-state index contributed by atoms with van der Waals surface area (Å²) in [5.41, 5.74) is 3.37. The predicted molar refractivity (Wildman–Crippen MR) is 111 cm³/mol. The molecule has 0 aliphatic rings. The van der Waals surface area contributed by atoms with Gasteiger partial charge in [-0.05, 0) is 28.8 Å². The first-order valence-electron chi connectivity index (χ1n) is 9.17. The first-order chi connectivity index (χ1) is 14.2. The lowest BCUT2D eigenvalue weighted by Crippen LogP contribution is -2.21. The smallest absolute Gasteiger partial charge is 0.196 e. The molecule has 0 unspecified atom stereocenters. The van der Waals surface area contributed by atoms with Crippen LogP contribution in [0, 0.1) is 0 Å². The largest absolute Gasteiger partial charge is 0.545 e. The fraction of sp³-hybridized carbons (Fsp3) is 0.0870. The summed E-state index contributed by atoms with van der Waals surface area (Å²) in [7, 11) is 0. The van der Waals surface area contributed by atoms with Crippen molar-refractivity contribution in [3.8, 4) is 5.69 Å². The third kappa shape index (κ3) is 4.55. The Bertz CT molecular complexity index is 1090. The fourth-order valence-corrected chi connectivity index (χ4v) is 3.93. The van der Waals surface area contributed by atoms with Crippen molar-refractivity contribution in [2.24, 2.45) is 0 Å². The highest BCUT2D eigenvalue weighted by Gasteiger charge is 2.15. The molecule has 0 saturated carbocycles. The summed E-state index contributed by atoms with van der Waals surface area (Å²) in [6.07, 6.45) is 0.684. The maximum absolute atomic E-state index is 10.9. The molecule has 0 aliphatic carbocycles. The van der Waals surface area contributed by atoms with Gasteiger partial charge < -0.3 is 9.90 Å². The number of hydrogen-bond donors (Lipinski definition) is 0. The van der Waals surface area contributed by atoms with Gasteiger partial charge >= 0.3 is 0 Å². The van der Waals surface area contributed by atoms with Gasteiger partial charge in [-0.25, -0.2) is 0 Å². The fourth-order valence-electron chi connectivity index (χ4n) is 3.01. The van der Waals surface area contributed by atoms with Crippen LogP contribution in [0.15, 0.2) is 90.1 Å². The first-order valence-corrected chi connectivity index (χ1v) is 10.2. The Balaban J connectivity index is 1.60. The van der Waals surface area contributed by atoms with E-state index in [2.05, 4.69) is 26.9 Å². The zero-order chi connectivity index (χ0) is 20.1. The van der Waals surface area contributed by atoms with Gasteiger partial charge in [-0.2, -0.15) is 0 Å². The highest BCUT2D eigenvalue weighted by Crippen LogP contribution is 2.26. The van der Waals surface area contributed by atoms with Crippen LogP contribution in [0.2, 0.25) is 0 Å². The summed E-state index contributed by atoms with van der Waals surface area (Å²) in [5.74, 6) is 0.361. The third-order valence-electron chi connectivity index (χ3n) is 4.48. The molecule has 0 spiro atoms. The molecule has 3 aromatic carbocycles. The van der Waals surface area contributed by atoms with Gasteiger partial charge in [0.25, 0.3) is 0 Å². The Kier molecular flexibility index (Phi) is 5.72. The summed E-state index contributed by atoms with van der Waals surface area (Å²) in [6, 6.07) is 27.0. The van der Waals surface area contributed by atoms with Gasteiger partial charge in [0.2, 0.25) is 0 Å². The second-order valence-electron chi connectivity index (χ2n) is 6.51. The molecule has 0 atom stereocenters. The number of thioether (sulfide) groups is 1. The van der Waals surface area contributed by atoms with Crippen molar-refractivity contribution < 1.29 is 9.90 Å². The standard InChI is InChI=1S/C23H19N3O2S/c27-22(28)19-13-11-18(12-14-19)16-29-23-25-24-21(15-17-7-3-1-4-8-17)26(23)20-9-5-2-6-10-20/h1-14H,15-16H2,(H,27,28)/p-1. The molecule has 0 fully saturated rings. The predicted octanol–water partition coefficient (Wildman–Crippen LogP) is 3.51. The van der Waals surface area contributed by atoms with Gasteiger partial charge in [-0.15, -0.1) is 10.2 Å². The van der Waals surface area contributed by atoms with Crippen molar-refractivity contribution in [1.82, 2.24) is 14.8 Å². The van der Waals surface area contributed by atoms with Crippen LogP contribution in [0.25, 0.3) is 5.69 Å². The maximum atomic E-state index is 10.9. The maximum Gasteiger partial charge on any atom is 0.196 e. The number of para-hydroxylation sites is 1. The van der Waals surface area contributed by atoms with Crippen LogP contribution in [0.5, 0.6) is 0 Å². The van der Waals surface area contributed by atoms with E-state index >= 15 is 0 Å². The lowest BCUT2D eigenvalue weighted by Gasteiger charge is -2.10. The second-order valence-corrected chi connectivity index (χ2v) is 7.45. The van der Waals surface area contributed by atoms with Crippen LogP contribution >= 0.6 is 11.8 Å². The molecular weight excluding hydrogens is 382 g/mol. The lowest BCUT2D eigenvalue weighted by molar-refractivity contribution is -0.255. The normalized spacial score (nSPS) is 10.8. The van der Waals surface area contributed by atoms with Crippen molar-refractivity contribution in [2.75, 3.05) is 0 Å². The lowest BCUT2D eigenvalue weighted by atomic mass is 10.1. The number of carbonyl (C=O) groups is 1. The van der Waals surface area contributed by atoms with E-state index in [1.807, 2.05) is 48.5 Å². The number of benzene rings is 3. The van der Waals surface area contributed by atoms with Crippen LogP contribution in [0.1, 0.15) is 27.3 Å². The van der Waals surface area contributed by atoms with Crippen molar-refractivity contribution in [1.29, 1.82) is 0 Å². The van der Waals surface area contributed by atoms with Crippen LogP contribution < -0.4 is 5.11 Å². The van der Waals surface area contributed by atoms with E-state index < -0.39 is 5.97 Å². The number of nitrogens with zero attached hydrogens (tertiary/aromatic N) is 3. The van der Waals surface area contributed by atoms with E-state index in [0.29, 0.717) is 12.2 Å². The van der Waals surface area contributed by atoms with E-state index in [9.17, 15) is 9.90 Å². The van der Waals surface area contributed by atoms with Gasteiger partial charge in [0.1, 0.15) is 5.82 Å². The molecule has 0 N–H and O–H groups in total. The minimum absolute atomic E-state index is 0.177. The molecule has 1 aromatic heterocycles. The summed E-state index contributed by atoms with van der Waals surface area (Å²) < 4.78 is 2.08. The number of hydrogen-bond acceptors (Lipinski definition) is 5. The van der Waals surface area contributed by atoms with Crippen LogP contribution in [-0.4, -0.2) is 20.7 Å². The van der Waals surface area contributed by atoms with E-state index in [0.717, 1.165) is 22.2 Å². The SMILES string of the molecule is O=C([O-])c1ccc(CSc2nnc(Cc3ccccc3)n2-c2ccccc2)cc1. The summed E-state index contributed by atoms with van der Waals surface area (Å²) in [4.78, 5) is 10.9. The highest BCUT2D eigenvalue weighted by molar-refractivity contribution is 7.98. The average molecular weight is 400 g/mol. The summed E-state index contributed by atoms with van der Waals surface area (Å²) >= 11 is 1.57. The molecule has 0 amide bonds. The number of rotatable bonds is 7. The molecule has 0 radical (unpaired) electrons. The molecule has 144 valence electrons. The van der Waals surface area contributed by atoms with Gasteiger partial charge in [0.15, 0.2) is 5.16 Å². The zero-order valence-corrected chi connectivity index (χ0v) is 16.4. The average Bonchev–Trinajstić information content (AvgIpc) is 3.16. The minimum Gasteiger partial charge on any atom is -0.545 e. The van der Waals surface area contributed by atoms with E-state index in [4.69, 9.17) is 0 Å². The molecule has 5 nitrogen and oxygen atoms in total. The van der Waals surface area contributed by atoms with Gasteiger partial charge in [0, 0.05) is 17.9 Å². The molecule has 4 aromatic rings. The van der Waals surface area contributed by atoms with Crippen molar-refractivity contribution >= 4 is 17.7 Å². The monoisotopic (exact) mass is 400 g/mol. The minimum atomic E-state index is -1.17. The Morgan fingerprint density at radius 3 is 2.14 bits per heavy atom. The highest BCUT2D eigenvalue weighted by atomic mass is 32.2. The Hall–Kier alpha value is -3.38. The molecule has 0 aliphatic heterocycles. The molecule has 0 bridgehead atoms. The number of aromatic carboxylic acids is 1. The Labute approximate surface area is 173 Å². The van der Waals surface area contributed by atoms with Gasteiger partial charge in [0.05, 0.1) is 5.97 Å². The van der Waals surface area contributed by atoms with Crippen molar-refractivity contribution in [2.45, 2.75) is 17.3 Å². The molecule has 6 heteroatoms. The summed E-state index contributed by atoms with van der Waals surface area (Å²) in [5, 5.41) is 20.6. The number of carboxylic acid groups (broad SMARTS) is 1. The van der Waals surface area contributed by atoms with Crippen LogP contribution in [-0.2, 0) is 12.2 Å². The molecule has 29 heavy (non-hydrogen) atoms. The Morgan fingerprint density at radius 2 is 1.48 bits per heavy atom. The van der Waals surface area contributed by atoms with E-state index in [1.54, 1.807) is 36.0 Å². The number of aromatic nitrogens is 3. The first kappa shape index (κ1) is 19.0. The third-order valence-corrected chi connectivity index (χ3v) is 5.48. The van der Waals surface area contributed by atoms with Gasteiger partial charge in [-0.1, -0.05) is 84.6 Å². The topological polar surface area (TPSA) is 70.8 Å². The molecule has 1 heterocycles. The zero-order valence-electron chi connectivity index (χ0n) is 15.6. The van der Waals surface area contributed by atoms with E-state index in [-0.39, 0.29) is 5.56 Å². The van der Waals surface area contributed by atoms with Gasteiger partial charge in [-0.3, -0.25) is 4.57 Å². The van der Waals surface area contributed by atoms with Crippen molar-refractivity contribution in [3.05, 3.63) is 107 Å². The number of carboxylic acids is 1. The van der Waals surface area contributed by atoms with Crippen LogP contribution in [0.3, 0.4) is 0 Å². The van der Waals surface area contributed by atoms with Crippen molar-refractivity contribution in [3.63, 3.8) is 0 Å². The second kappa shape index (κ2) is 8.75. The molecular formula is C23H18N3O2S-. The van der Waals surface area contributed by atoms with E-state index in [1.165, 1.54) is 5.56 Å². The quantitative estimate of drug-likeness (QED) is 0.444. The number of carbonyl (C=O) groups excluding carboxylic acids is 1. The summed E-state index contributed by atoms with van der Waals surface area (Å²) in [6.45, 7) is 0. The molecule has 4 rings (SSSR count). The van der Waals surface area contributed by atoms with Crippen LogP contribution in [0.4, 0.5) is 0 Å². The Morgan fingerprint density at radius 1 is 0.828 bits per heavy atom.